The molecular formula is C23H30NO9P. The standard InChI is InChI=1S/C23H30NO9P/c1-4-31-22(29)24-23(20(25)26,21(27)28)15-17-12-11-16-9-7-8-10-18(16)19(17)13-14-34(30,32-5-2)33-6-3/h7-12H,4-6,13-15H2,1-3H3,(H,24,29)(H,25,26)(H,27,28). The normalized spacial score (nSPS) is 11.9. The topological polar surface area (TPSA) is 148 Å². The second kappa shape index (κ2) is 12.0. The van der Waals surface area contributed by atoms with Gasteiger partial charge in [-0.05, 0) is 49.1 Å². The SMILES string of the molecule is CCOC(=O)NC(Cc1ccc2ccccc2c1CCP(=O)(OCC)OCC)(C(=O)O)C(=O)O. The Morgan fingerprint density at radius 3 is 2.12 bits per heavy atom. The van der Waals surface area contributed by atoms with E-state index in [0.717, 1.165) is 10.8 Å². The molecule has 1 amide bonds. The van der Waals surface area contributed by atoms with Crippen LogP contribution >= 0.6 is 7.60 Å². The molecule has 34 heavy (non-hydrogen) atoms. The second-order valence-corrected chi connectivity index (χ2v) is 9.57. The molecule has 0 aliphatic carbocycles. The number of carboxylic acids is 2. The minimum atomic E-state index is -3.43. The Balaban J connectivity index is 2.58. The summed E-state index contributed by atoms with van der Waals surface area (Å²) < 4.78 is 28.5. The summed E-state index contributed by atoms with van der Waals surface area (Å²) in [7, 11) is -3.43. The highest BCUT2D eigenvalue weighted by molar-refractivity contribution is 7.53. The number of aryl methyl sites for hydroxylation is 1. The Morgan fingerprint density at radius 1 is 0.941 bits per heavy atom. The van der Waals surface area contributed by atoms with E-state index >= 15 is 0 Å². The molecule has 0 fully saturated rings. The third-order valence-electron chi connectivity index (χ3n) is 5.20. The van der Waals surface area contributed by atoms with Crippen molar-refractivity contribution in [3.05, 3.63) is 47.5 Å². The third-order valence-corrected chi connectivity index (χ3v) is 7.28. The molecule has 10 nitrogen and oxygen atoms in total. The van der Waals surface area contributed by atoms with Crippen molar-refractivity contribution in [3.8, 4) is 0 Å². The number of hydrogen-bond donors (Lipinski definition) is 3. The summed E-state index contributed by atoms with van der Waals surface area (Å²) in [4.78, 5) is 36.3. The number of nitrogens with one attached hydrogen (secondary N) is 1. The van der Waals surface area contributed by atoms with Crippen LogP contribution in [0, 0.1) is 0 Å². The summed E-state index contributed by atoms with van der Waals surface area (Å²) in [6.45, 7) is 5.22. The molecule has 0 unspecified atom stereocenters. The number of hydrogen-bond acceptors (Lipinski definition) is 7. The molecule has 0 heterocycles. The lowest BCUT2D eigenvalue weighted by molar-refractivity contribution is -0.158. The number of carbonyl (C=O) groups is 3. The number of fused-ring (bicyclic) bond motifs is 1. The van der Waals surface area contributed by atoms with Gasteiger partial charge in [-0.25, -0.2) is 14.4 Å². The zero-order valence-electron chi connectivity index (χ0n) is 19.4. The molecule has 0 saturated carbocycles. The number of alkyl carbamates (subject to hydrolysis) is 1. The predicted molar refractivity (Wildman–Crippen MR) is 125 cm³/mol. The number of carbonyl (C=O) groups excluding carboxylic acids is 1. The number of carboxylic acid groups (broad SMARTS) is 2. The molecule has 0 aromatic heterocycles. The maximum atomic E-state index is 13.0. The second-order valence-electron chi connectivity index (χ2n) is 7.38. The molecule has 0 aliphatic rings. The van der Waals surface area contributed by atoms with Crippen LogP contribution in [0.1, 0.15) is 31.9 Å². The highest BCUT2D eigenvalue weighted by Crippen LogP contribution is 2.48. The van der Waals surface area contributed by atoms with Gasteiger partial charge < -0.3 is 24.0 Å². The van der Waals surface area contributed by atoms with Crippen LogP contribution < -0.4 is 5.32 Å². The van der Waals surface area contributed by atoms with Crippen molar-refractivity contribution in [2.75, 3.05) is 26.0 Å². The highest BCUT2D eigenvalue weighted by atomic mass is 31.2. The summed E-state index contributed by atoms with van der Waals surface area (Å²) in [5.74, 6) is -3.50. The van der Waals surface area contributed by atoms with Gasteiger partial charge in [-0.1, -0.05) is 36.4 Å². The maximum absolute atomic E-state index is 13.0. The highest BCUT2D eigenvalue weighted by Gasteiger charge is 2.49. The van der Waals surface area contributed by atoms with E-state index in [1.54, 1.807) is 32.0 Å². The fraction of sp³-hybridized carbons (Fsp3) is 0.435. The van der Waals surface area contributed by atoms with Gasteiger partial charge in [-0.3, -0.25) is 9.88 Å². The molecule has 0 saturated heterocycles. The molecule has 2 rings (SSSR count). The fourth-order valence-corrected chi connectivity index (χ4v) is 5.29. The summed E-state index contributed by atoms with van der Waals surface area (Å²) in [6, 6.07) is 10.6. The molecule has 0 aliphatic heterocycles. The summed E-state index contributed by atoms with van der Waals surface area (Å²) >= 11 is 0. The first-order chi connectivity index (χ1) is 16.1. The molecule has 0 bridgehead atoms. The van der Waals surface area contributed by atoms with E-state index in [-0.39, 0.29) is 32.4 Å². The molecule has 11 heteroatoms. The van der Waals surface area contributed by atoms with Gasteiger partial charge in [0, 0.05) is 6.42 Å². The van der Waals surface area contributed by atoms with Crippen LogP contribution in [-0.2, 0) is 40.8 Å². The maximum Gasteiger partial charge on any atom is 0.408 e. The Labute approximate surface area is 197 Å². The van der Waals surface area contributed by atoms with Gasteiger partial charge in [-0.2, -0.15) is 0 Å². The molecule has 2 aromatic rings. The van der Waals surface area contributed by atoms with Gasteiger partial charge >= 0.3 is 25.6 Å². The van der Waals surface area contributed by atoms with Crippen molar-refractivity contribution in [3.63, 3.8) is 0 Å². The smallest absolute Gasteiger partial charge is 0.408 e. The number of ether oxygens (including phenoxy) is 1. The molecule has 3 N–H and O–H groups in total. The monoisotopic (exact) mass is 495 g/mol. The van der Waals surface area contributed by atoms with Crippen molar-refractivity contribution >= 4 is 36.4 Å². The van der Waals surface area contributed by atoms with E-state index in [9.17, 15) is 29.2 Å². The van der Waals surface area contributed by atoms with E-state index in [4.69, 9.17) is 13.8 Å². The summed E-state index contributed by atoms with van der Waals surface area (Å²) in [6.07, 6.45) is -1.55. The molecule has 2 aromatic carbocycles. The quantitative estimate of drug-likeness (QED) is 0.278. The fourth-order valence-electron chi connectivity index (χ4n) is 3.67. The van der Waals surface area contributed by atoms with Crippen molar-refractivity contribution in [1.29, 1.82) is 0 Å². The van der Waals surface area contributed by atoms with Crippen LogP contribution in [0.15, 0.2) is 36.4 Å². The minimum Gasteiger partial charge on any atom is -0.479 e. The number of benzene rings is 2. The van der Waals surface area contributed by atoms with Gasteiger partial charge in [0.25, 0.3) is 0 Å². The molecule has 0 spiro atoms. The predicted octanol–water partition coefficient (Wildman–Crippen LogP) is 3.85. The number of rotatable bonds is 13. The van der Waals surface area contributed by atoms with Crippen LogP contribution in [0.2, 0.25) is 0 Å². The van der Waals surface area contributed by atoms with Crippen LogP contribution in [-0.4, -0.2) is 59.8 Å². The lowest BCUT2D eigenvalue weighted by atomic mass is 9.86. The summed E-state index contributed by atoms with van der Waals surface area (Å²) in [5.41, 5.74) is -1.72. The first-order valence-corrected chi connectivity index (χ1v) is 12.6. The van der Waals surface area contributed by atoms with Crippen molar-refractivity contribution in [2.24, 2.45) is 0 Å². The third kappa shape index (κ3) is 6.34. The molecule has 186 valence electrons. The Hall–Kier alpha value is -2.94. The lowest BCUT2D eigenvalue weighted by Crippen LogP contribution is -2.61. The van der Waals surface area contributed by atoms with Crippen LogP contribution in [0.5, 0.6) is 0 Å². The van der Waals surface area contributed by atoms with Crippen LogP contribution in [0.3, 0.4) is 0 Å². The first-order valence-electron chi connectivity index (χ1n) is 10.9. The number of aliphatic carboxylic acids is 2. The Morgan fingerprint density at radius 2 is 1.56 bits per heavy atom. The first kappa shape index (κ1) is 27.3. The van der Waals surface area contributed by atoms with Gasteiger partial charge in [-0.15, -0.1) is 0 Å². The van der Waals surface area contributed by atoms with Gasteiger partial charge in [0.15, 0.2) is 0 Å². The largest absolute Gasteiger partial charge is 0.479 e. The van der Waals surface area contributed by atoms with Gasteiger partial charge in [0.2, 0.25) is 5.54 Å². The molecular weight excluding hydrogens is 465 g/mol. The average molecular weight is 495 g/mol. The van der Waals surface area contributed by atoms with Crippen molar-refractivity contribution < 1.29 is 42.9 Å². The zero-order chi connectivity index (χ0) is 25.4. The zero-order valence-corrected chi connectivity index (χ0v) is 20.3. The van der Waals surface area contributed by atoms with E-state index in [1.807, 2.05) is 23.5 Å². The minimum absolute atomic E-state index is 0.00807. The molecule has 0 atom stereocenters. The van der Waals surface area contributed by atoms with Gasteiger partial charge in [0.05, 0.1) is 26.0 Å². The van der Waals surface area contributed by atoms with E-state index < -0.39 is 37.6 Å². The van der Waals surface area contributed by atoms with Crippen molar-refractivity contribution in [1.82, 2.24) is 5.32 Å². The Kier molecular flexibility index (Phi) is 9.61. The summed E-state index contributed by atoms with van der Waals surface area (Å²) in [5, 5.41) is 23.3. The van der Waals surface area contributed by atoms with E-state index in [1.165, 1.54) is 6.92 Å². The lowest BCUT2D eigenvalue weighted by Gasteiger charge is -2.27. The van der Waals surface area contributed by atoms with Crippen LogP contribution in [0.4, 0.5) is 4.79 Å². The van der Waals surface area contributed by atoms with Gasteiger partial charge in [0.1, 0.15) is 0 Å². The molecule has 0 radical (unpaired) electrons. The van der Waals surface area contributed by atoms with Crippen molar-refractivity contribution in [2.45, 2.75) is 39.2 Å². The van der Waals surface area contributed by atoms with Crippen LogP contribution in [0.25, 0.3) is 10.8 Å². The Bertz CT molecular complexity index is 1060. The van der Waals surface area contributed by atoms with E-state index in [2.05, 4.69) is 0 Å². The van der Waals surface area contributed by atoms with E-state index in [0.29, 0.717) is 11.1 Å². The average Bonchev–Trinajstić information content (AvgIpc) is 2.77. The number of amides is 1.